The van der Waals surface area contributed by atoms with Gasteiger partial charge in [-0.1, -0.05) is 66.2 Å². The molecule has 0 aliphatic rings. The summed E-state index contributed by atoms with van der Waals surface area (Å²) in [5.41, 5.74) is 4.77. The van der Waals surface area contributed by atoms with Crippen LogP contribution >= 0.6 is 0 Å². The number of rotatable bonds is 3. The summed E-state index contributed by atoms with van der Waals surface area (Å²) in [5.74, 6) is 0. The molecule has 0 aromatic heterocycles. The van der Waals surface area contributed by atoms with Crippen molar-refractivity contribution in [2.45, 2.75) is 6.92 Å². The minimum Gasteiger partial charge on any atom is -0.310 e. The van der Waals surface area contributed by atoms with E-state index in [1.54, 1.807) is 0 Å². The molecule has 0 amide bonds. The van der Waals surface area contributed by atoms with Crippen molar-refractivity contribution in [1.82, 2.24) is 0 Å². The van der Waals surface area contributed by atoms with E-state index in [2.05, 4.69) is 109 Å². The van der Waals surface area contributed by atoms with E-state index >= 15 is 0 Å². The second-order valence-corrected chi connectivity index (χ2v) is 6.04. The monoisotopic (exact) mass is 309 g/mol. The number of fused-ring (bicyclic) bond motifs is 1. The summed E-state index contributed by atoms with van der Waals surface area (Å²) < 4.78 is 0. The van der Waals surface area contributed by atoms with Gasteiger partial charge in [-0.2, -0.15) is 0 Å². The van der Waals surface area contributed by atoms with Gasteiger partial charge in [0.05, 0.1) is 0 Å². The first-order valence-corrected chi connectivity index (χ1v) is 8.22. The van der Waals surface area contributed by atoms with Gasteiger partial charge < -0.3 is 4.90 Å². The molecule has 116 valence electrons. The predicted molar refractivity (Wildman–Crippen MR) is 103 cm³/mol. The van der Waals surface area contributed by atoms with Crippen molar-refractivity contribution in [3.05, 3.63) is 103 Å². The third-order valence-electron chi connectivity index (χ3n) is 4.30. The van der Waals surface area contributed by atoms with Gasteiger partial charge in [0.1, 0.15) is 0 Å². The van der Waals surface area contributed by atoms with Crippen LogP contribution in [0.1, 0.15) is 5.56 Å². The Balaban J connectivity index is 1.89. The lowest BCUT2D eigenvalue weighted by Gasteiger charge is -2.25. The molecule has 0 bridgehead atoms. The fourth-order valence-electron chi connectivity index (χ4n) is 3.03. The Morgan fingerprint density at radius 3 is 1.83 bits per heavy atom. The van der Waals surface area contributed by atoms with E-state index in [0.717, 1.165) is 5.69 Å². The molecular weight excluding hydrogens is 290 g/mol. The Labute approximate surface area is 142 Å². The lowest BCUT2D eigenvalue weighted by Crippen LogP contribution is -2.09. The molecule has 4 aromatic rings. The molecule has 1 nitrogen and oxygen atoms in total. The molecule has 0 N–H and O–H groups in total. The topological polar surface area (TPSA) is 3.24 Å². The molecule has 4 aromatic carbocycles. The van der Waals surface area contributed by atoms with Gasteiger partial charge in [-0.15, -0.1) is 0 Å². The van der Waals surface area contributed by atoms with Crippen molar-refractivity contribution in [2.24, 2.45) is 0 Å². The average molecular weight is 309 g/mol. The van der Waals surface area contributed by atoms with E-state index in [9.17, 15) is 0 Å². The number of benzene rings is 4. The van der Waals surface area contributed by atoms with Crippen LogP contribution in [0, 0.1) is 6.92 Å². The molecule has 0 saturated carbocycles. The van der Waals surface area contributed by atoms with Gasteiger partial charge in [0.25, 0.3) is 0 Å². The Morgan fingerprint density at radius 1 is 0.500 bits per heavy atom. The highest BCUT2D eigenvalue weighted by Gasteiger charge is 2.12. The second kappa shape index (κ2) is 6.21. The summed E-state index contributed by atoms with van der Waals surface area (Å²) in [6.07, 6.45) is 0. The largest absolute Gasteiger partial charge is 0.310 e. The molecule has 0 saturated heterocycles. The van der Waals surface area contributed by atoms with Crippen LogP contribution < -0.4 is 4.90 Å². The van der Waals surface area contributed by atoms with E-state index < -0.39 is 0 Å². The Hall–Kier alpha value is -3.06. The predicted octanol–water partition coefficient (Wildman–Crippen LogP) is 6.62. The Bertz CT molecular complexity index is 956. The van der Waals surface area contributed by atoms with Gasteiger partial charge in [-0.05, 0) is 54.1 Å². The molecule has 0 radical (unpaired) electrons. The molecule has 0 fully saturated rings. The molecule has 0 spiro atoms. The van der Waals surface area contributed by atoms with E-state index in [1.165, 1.54) is 27.7 Å². The van der Waals surface area contributed by atoms with Crippen molar-refractivity contribution in [3.8, 4) is 0 Å². The lowest BCUT2D eigenvalue weighted by atomic mass is 10.1. The molecule has 0 unspecified atom stereocenters. The van der Waals surface area contributed by atoms with Crippen LogP contribution in [-0.2, 0) is 0 Å². The van der Waals surface area contributed by atoms with Crippen molar-refractivity contribution >= 4 is 27.8 Å². The van der Waals surface area contributed by atoms with Crippen LogP contribution in [0.5, 0.6) is 0 Å². The van der Waals surface area contributed by atoms with Gasteiger partial charge in [-0.3, -0.25) is 0 Å². The quantitative estimate of drug-likeness (QED) is 0.411. The van der Waals surface area contributed by atoms with Crippen molar-refractivity contribution < 1.29 is 0 Å². The minimum absolute atomic E-state index is 1.16. The van der Waals surface area contributed by atoms with Crippen molar-refractivity contribution in [1.29, 1.82) is 0 Å². The number of anilines is 3. The number of hydrogen-bond donors (Lipinski definition) is 0. The van der Waals surface area contributed by atoms with Gasteiger partial charge in [-0.25, -0.2) is 0 Å². The molecule has 1 heteroatoms. The zero-order valence-corrected chi connectivity index (χ0v) is 13.7. The van der Waals surface area contributed by atoms with Crippen LogP contribution in [0.25, 0.3) is 10.8 Å². The molecule has 24 heavy (non-hydrogen) atoms. The van der Waals surface area contributed by atoms with Crippen LogP contribution in [0.2, 0.25) is 0 Å². The van der Waals surface area contributed by atoms with E-state index in [-0.39, 0.29) is 0 Å². The SMILES string of the molecule is Cc1ccc(N(c2ccccc2)c2ccc3ccccc3c2)cc1. The summed E-state index contributed by atoms with van der Waals surface area (Å²) in [4.78, 5) is 2.30. The van der Waals surface area contributed by atoms with Crippen LogP contribution in [0.15, 0.2) is 97.1 Å². The van der Waals surface area contributed by atoms with Gasteiger partial charge in [0, 0.05) is 17.1 Å². The normalized spacial score (nSPS) is 10.7. The van der Waals surface area contributed by atoms with Crippen molar-refractivity contribution in [2.75, 3.05) is 4.90 Å². The maximum atomic E-state index is 2.30. The number of para-hydroxylation sites is 1. The summed E-state index contributed by atoms with van der Waals surface area (Å²) in [5, 5.41) is 2.52. The maximum absolute atomic E-state index is 2.30. The highest BCUT2D eigenvalue weighted by atomic mass is 15.1. The number of nitrogens with zero attached hydrogens (tertiary/aromatic N) is 1. The summed E-state index contributed by atoms with van der Waals surface area (Å²) >= 11 is 0. The van der Waals surface area contributed by atoms with E-state index in [0.29, 0.717) is 0 Å². The second-order valence-electron chi connectivity index (χ2n) is 6.04. The third-order valence-corrected chi connectivity index (χ3v) is 4.30. The standard InChI is InChI=1S/C23H19N/c1-18-11-14-22(15-12-18)24(21-9-3-2-4-10-21)23-16-13-19-7-5-6-8-20(19)17-23/h2-17H,1H3. The van der Waals surface area contributed by atoms with Gasteiger partial charge in [0.2, 0.25) is 0 Å². The summed E-state index contributed by atoms with van der Waals surface area (Å²) in [7, 11) is 0. The smallest absolute Gasteiger partial charge is 0.0468 e. The maximum Gasteiger partial charge on any atom is 0.0468 e. The number of aryl methyl sites for hydroxylation is 1. The average Bonchev–Trinajstić information content (AvgIpc) is 2.64. The van der Waals surface area contributed by atoms with Gasteiger partial charge >= 0.3 is 0 Å². The van der Waals surface area contributed by atoms with Crippen LogP contribution in [0.4, 0.5) is 17.1 Å². The van der Waals surface area contributed by atoms with Crippen molar-refractivity contribution in [3.63, 3.8) is 0 Å². The van der Waals surface area contributed by atoms with Crippen LogP contribution in [0.3, 0.4) is 0 Å². The minimum atomic E-state index is 1.16. The van der Waals surface area contributed by atoms with Gasteiger partial charge in [0.15, 0.2) is 0 Å². The van der Waals surface area contributed by atoms with Crippen LogP contribution in [-0.4, -0.2) is 0 Å². The van der Waals surface area contributed by atoms with E-state index in [4.69, 9.17) is 0 Å². The zero-order valence-electron chi connectivity index (χ0n) is 13.7. The zero-order chi connectivity index (χ0) is 16.4. The summed E-state index contributed by atoms with van der Waals surface area (Å²) in [6, 6.07) is 34.3. The first kappa shape index (κ1) is 14.5. The number of hydrogen-bond acceptors (Lipinski definition) is 1. The first-order valence-electron chi connectivity index (χ1n) is 8.22. The molecule has 4 rings (SSSR count). The van der Waals surface area contributed by atoms with E-state index in [1.807, 2.05) is 0 Å². The molecule has 0 aliphatic carbocycles. The first-order chi connectivity index (χ1) is 11.8. The lowest BCUT2D eigenvalue weighted by molar-refractivity contribution is 1.28. The highest BCUT2D eigenvalue weighted by molar-refractivity contribution is 5.89. The molecule has 0 aliphatic heterocycles. The molecule has 0 atom stereocenters. The Kier molecular flexibility index (Phi) is 3.76. The summed E-state index contributed by atoms with van der Waals surface area (Å²) in [6.45, 7) is 2.12. The third kappa shape index (κ3) is 2.77. The molecule has 0 heterocycles. The Morgan fingerprint density at radius 2 is 1.08 bits per heavy atom. The molecular formula is C23H19N. The highest BCUT2D eigenvalue weighted by Crippen LogP contribution is 2.35. The fraction of sp³-hybridized carbons (Fsp3) is 0.0435. The fourth-order valence-corrected chi connectivity index (χ4v) is 3.03.